The molecule has 1 aliphatic carbocycles. The molecule has 1 amide bonds. The Kier molecular flexibility index (Phi) is 3.76. The van der Waals surface area contributed by atoms with Crippen LogP contribution in [0.5, 0.6) is 0 Å². The molecule has 0 bridgehead atoms. The van der Waals surface area contributed by atoms with Crippen molar-refractivity contribution in [2.75, 3.05) is 5.32 Å². The minimum atomic E-state index is -1.13. The largest absolute Gasteiger partial charge is 0.324 e. The Morgan fingerprint density at radius 3 is 2.41 bits per heavy atom. The zero-order valence-electron chi connectivity index (χ0n) is 11.2. The predicted octanol–water partition coefficient (Wildman–Crippen LogP) is 3.91. The van der Waals surface area contributed by atoms with Gasteiger partial charge in [0.25, 0.3) is 11.6 Å². The molecular weight excluding hydrogens is 327 g/mol. The van der Waals surface area contributed by atoms with Gasteiger partial charge in [-0.2, -0.15) is 0 Å². The molecule has 0 aromatic heterocycles. The van der Waals surface area contributed by atoms with Crippen molar-refractivity contribution in [3.05, 3.63) is 57.6 Å². The van der Waals surface area contributed by atoms with Crippen LogP contribution in [0.15, 0.2) is 36.4 Å². The Balaban J connectivity index is 1.92. The lowest BCUT2D eigenvalue weighted by Crippen LogP contribution is -2.18. The molecule has 2 aromatic rings. The number of hydrogen-bond acceptors (Lipinski definition) is 3. The van der Waals surface area contributed by atoms with Crippen LogP contribution in [0, 0.1) is 10.1 Å². The summed E-state index contributed by atoms with van der Waals surface area (Å²) in [7, 11) is 0. The maximum atomic E-state index is 11.5. The summed E-state index contributed by atoms with van der Waals surface area (Å²) >= 11 is 11.0. The molecule has 112 valence electrons. The molecule has 22 heavy (non-hydrogen) atoms. The molecule has 1 N–H and O–H groups in total. The van der Waals surface area contributed by atoms with Crippen LogP contribution >= 0.6 is 23.2 Å². The highest BCUT2D eigenvalue weighted by atomic mass is 35.5. The number of halogens is 2. The standard InChI is InChI=1S/C15H10Cl2N2O3/c16-14(17)15(20)18-10-1-3-12-8(6-10)5-9-7-11(19(21)22)2-4-13(9)12/h1-4,6-7,14H,5H2,(H,18,20). The molecule has 0 fully saturated rings. The van der Waals surface area contributed by atoms with Gasteiger partial charge in [-0.15, -0.1) is 0 Å². The van der Waals surface area contributed by atoms with E-state index in [1.165, 1.54) is 6.07 Å². The molecule has 2 aromatic carbocycles. The molecule has 0 saturated carbocycles. The topological polar surface area (TPSA) is 72.2 Å². The highest BCUT2D eigenvalue weighted by Gasteiger charge is 2.22. The summed E-state index contributed by atoms with van der Waals surface area (Å²) in [6, 6.07) is 10.3. The second-order valence-electron chi connectivity index (χ2n) is 4.94. The van der Waals surface area contributed by atoms with Crippen LogP contribution in [0.1, 0.15) is 11.1 Å². The van der Waals surface area contributed by atoms with Gasteiger partial charge < -0.3 is 5.32 Å². The summed E-state index contributed by atoms with van der Waals surface area (Å²) in [5.41, 5.74) is 4.56. The Morgan fingerprint density at radius 1 is 1.14 bits per heavy atom. The van der Waals surface area contributed by atoms with E-state index in [9.17, 15) is 14.9 Å². The number of non-ortho nitro benzene ring substituents is 1. The number of carbonyl (C=O) groups is 1. The lowest BCUT2D eigenvalue weighted by atomic mass is 10.1. The van der Waals surface area contributed by atoms with Crippen molar-refractivity contribution >= 4 is 40.5 Å². The molecule has 0 heterocycles. The number of rotatable bonds is 3. The van der Waals surface area contributed by atoms with E-state index in [2.05, 4.69) is 5.32 Å². The highest BCUT2D eigenvalue weighted by Crippen LogP contribution is 2.39. The smallest absolute Gasteiger partial charge is 0.269 e. The van der Waals surface area contributed by atoms with Gasteiger partial charge in [0.2, 0.25) is 0 Å². The van der Waals surface area contributed by atoms with Gasteiger partial charge in [0.1, 0.15) is 0 Å². The Bertz CT molecular complexity index is 790. The van der Waals surface area contributed by atoms with E-state index >= 15 is 0 Å². The van der Waals surface area contributed by atoms with E-state index in [0.29, 0.717) is 12.1 Å². The lowest BCUT2D eigenvalue weighted by molar-refractivity contribution is -0.384. The summed E-state index contributed by atoms with van der Waals surface area (Å²) in [5, 5.41) is 13.5. The van der Waals surface area contributed by atoms with E-state index in [4.69, 9.17) is 23.2 Å². The fraction of sp³-hybridized carbons (Fsp3) is 0.133. The first-order chi connectivity index (χ1) is 10.5. The maximum Gasteiger partial charge on any atom is 0.269 e. The molecule has 5 nitrogen and oxygen atoms in total. The molecule has 0 spiro atoms. The summed E-state index contributed by atoms with van der Waals surface area (Å²) in [6.07, 6.45) is 0.585. The predicted molar refractivity (Wildman–Crippen MR) is 85.5 cm³/mol. The molecule has 1 aliphatic rings. The molecular formula is C15H10Cl2N2O3. The molecule has 3 rings (SSSR count). The fourth-order valence-electron chi connectivity index (χ4n) is 2.59. The van der Waals surface area contributed by atoms with Crippen LogP contribution in [0.4, 0.5) is 11.4 Å². The highest BCUT2D eigenvalue weighted by molar-refractivity contribution is 6.54. The third-order valence-corrected chi connectivity index (χ3v) is 3.94. The van der Waals surface area contributed by atoms with Gasteiger partial charge in [0, 0.05) is 17.8 Å². The zero-order chi connectivity index (χ0) is 15.9. The van der Waals surface area contributed by atoms with E-state index in [0.717, 1.165) is 22.3 Å². The maximum absolute atomic E-state index is 11.5. The van der Waals surface area contributed by atoms with Crippen LogP contribution in [-0.4, -0.2) is 15.7 Å². The first kappa shape index (κ1) is 14.8. The number of benzene rings is 2. The first-order valence-corrected chi connectivity index (χ1v) is 7.32. The summed E-state index contributed by atoms with van der Waals surface area (Å²) < 4.78 is 0. The van der Waals surface area contributed by atoms with Crippen molar-refractivity contribution in [3.8, 4) is 11.1 Å². The molecule has 0 saturated heterocycles. The molecule has 0 radical (unpaired) electrons. The van der Waals surface area contributed by atoms with Crippen LogP contribution in [0.25, 0.3) is 11.1 Å². The second-order valence-corrected chi connectivity index (χ2v) is 6.03. The summed E-state index contributed by atoms with van der Waals surface area (Å²) in [4.78, 5) is 20.8. The number of alkyl halides is 2. The zero-order valence-corrected chi connectivity index (χ0v) is 12.7. The van der Waals surface area contributed by atoms with Crippen molar-refractivity contribution < 1.29 is 9.72 Å². The molecule has 7 heteroatoms. The normalized spacial score (nSPS) is 12.0. The number of nitro benzene ring substituents is 1. The van der Waals surface area contributed by atoms with Crippen LogP contribution in [-0.2, 0) is 11.2 Å². The molecule has 0 unspecified atom stereocenters. The number of hydrogen-bond donors (Lipinski definition) is 1. The van der Waals surface area contributed by atoms with Crippen molar-refractivity contribution in [1.82, 2.24) is 0 Å². The van der Waals surface area contributed by atoms with Crippen molar-refractivity contribution in [2.45, 2.75) is 11.3 Å². The number of anilines is 1. The van der Waals surface area contributed by atoms with E-state index < -0.39 is 15.7 Å². The average molecular weight is 337 g/mol. The Hall–Kier alpha value is -2.11. The Labute approximate surface area is 136 Å². The molecule has 0 aliphatic heterocycles. The SMILES string of the molecule is O=C(Nc1ccc2c(c1)Cc1cc([N+](=O)[O-])ccc1-2)C(Cl)Cl. The third kappa shape index (κ3) is 2.65. The summed E-state index contributed by atoms with van der Waals surface area (Å²) in [6.45, 7) is 0. The van der Waals surface area contributed by atoms with E-state index in [1.807, 2.05) is 12.1 Å². The van der Waals surface area contributed by atoms with Gasteiger partial charge in [0.15, 0.2) is 4.84 Å². The average Bonchev–Trinajstić information content (AvgIpc) is 2.83. The van der Waals surface area contributed by atoms with Crippen LogP contribution < -0.4 is 5.32 Å². The first-order valence-electron chi connectivity index (χ1n) is 6.45. The number of fused-ring (bicyclic) bond motifs is 3. The van der Waals surface area contributed by atoms with Gasteiger partial charge >= 0.3 is 0 Å². The number of nitrogens with one attached hydrogen (secondary N) is 1. The number of carbonyl (C=O) groups excluding carboxylic acids is 1. The van der Waals surface area contributed by atoms with Crippen LogP contribution in [0.3, 0.4) is 0 Å². The van der Waals surface area contributed by atoms with Gasteiger partial charge in [-0.05, 0) is 46.9 Å². The number of nitro groups is 1. The lowest BCUT2D eigenvalue weighted by Gasteiger charge is -2.07. The minimum absolute atomic E-state index is 0.0761. The number of nitrogens with zero attached hydrogens (tertiary/aromatic N) is 1. The van der Waals surface area contributed by atoms with Gasteiger partial charge in [0.05, 0.1) is 4.92 Å². The quantitative estimate of drug-likeness (QED) is 0.447. The molecule has 0 atom stereocenters. The minimum Gasteiger partial charge on any atom is -0.324 e. The fourth-order valence-corrected chi connectivity index (χ4v) is 2.69. The van der Waals surface area contributed by atoms with Crippen LogP contribution in [0.2, 0.25) is 0 Å². The van der Waals surface area contributed by atoms with Gasteiger partial charge in [-0.25, -0.2) is 0 Å². The van der Waals surface area contributed by atoms with Crippen molar-refractivity contribution in [3.63, 3.8) is 0 Å². The van der Waals surface area contributed by atoms with Crippen molar-refractivity contribution in [1.29, 1.82) is 0 Å². The number of amides is 1. The van der Waals surface area contributed by atoms with Gasteiger partial charge in [-0.1, -0.05) is 29.3 Å². The van der Waals surface area contributed by atoms with Gasteiger partial charge in [-0.3, -0.25) is 14.9 Å². The second kappa shape index (κ2) is 5.59. The van der Waals surface area contributed by atoms with E-state index in [-0.39, 0.29) is 5.69 Å². The monoisotopic (exact) mass is 336 g/mol. The Morgan fingerprint density at radius 2 is 1.77 bits per heavy atom. The van der Waals surface area contributed by atoms with Crippen molar-refractivity contribution in [2.24, 2.45) is 0 Å². The third-order valence-electron chi connectivity index (χ3n) is 3.54. The van der Waals surface area contributed by atoms with E-state index in [1.54, 1.807) is 18.2 Å². The summed E-state index contributed by atoms with van der Waals surface area (Å²) in [5.74, 6) is -0.491.